The van der Waals surface area contributed by atoms with E-state index in [0.717, 1.165) is 13.1 Å². The maximum atomic E-state index is 6.27. The number of nitrogens with zero attached hydrogens (tertiary/aromatic N) is 2. The minimum atomic E-state index is 0.484. The number of benzene rings is 1. The average Bonchev–Trinajstić information content (AvgIpc) is 2.48. The number of anilines is 1. The van der Waals surface area contributed by atoms with Crippen molar-refractivity contribution in [3.63, 3.8) is 0 Å². The summed E-state index contributed by atoms with van der Waals surface area (Å²) in [6, 6.07) is 7.12. The van der Waals surface area contributed by atoms with Crippen LogP contribution in [0, 0.1) is 6.92 Å². The molecule has 0 bridgehead atoms. The molecule has 0 saturated carbocycles. The Balaban J connectivity index is 2.03. The molecule has 0 amide bonds. The number of rotatable bonds is 0. The summed E-state index contributed by atoms with van der Waals surface area (Å²) in [4.78, 5) is 0. The van der Waals surface area contributed by atoms with E-state index in [2.05, 4.69) is 39.2 Å². The molecule has 2 heterocycles. The summed E-state index contributed by atoms with van der Waals surface area (Å²) in [6.07, 6.45) is 2.42. The van der Waals surface area contributed by atoms with Crippen molar-refractivity contribution in [3.8, 4) is 0 Å². The van der Waals surface area contributed by atoms with E-state index in [4.69, 9.17) is 5.84 Å². The highest BCUT2D eigenvalue weighted by molar-refractivity contribution is 7.13. The number of hydrogen-bond acceptors (Lipinski definition) is 3. The number of nitrogens with two attached hydrogens (primary N) is 1. The Morgan fingerprint density at radius 1 is 1.41 bits per heavy atom. The van der Waals surface area contributed by atoms with Gasteiger partial charge in [0, 0.05) is 19.0 Å². The molecule has 17 heavy (non-hydrogen) atoms. The van der Waals surface area contributed by atoms with E-state index >= 15 is 0 Å². The van der Waals surface area contributed by atoms with Crippen molar-refractivity contribution in [1.29, 1.82) is 0 Å². The SMILES string of the molecule is Cc1ccc2c(c1)C1CN(P)CCCC1N2N. The summed E-state index contributed by atoms with van der Waals surface area (Å²) < 4.78 is 2.36. The molecule has 0 radical (unpaired) electrons. The second-order valence-electron chi connectivity index (χ2n) is 5.28. The summed E-state index contributed by atoms with van der Waals surface area (Å²) >= 11 is 0. The minimum Gasteiger partial charge on any atom is -0.307 e. The highest BCUT2D eigenvalue weighted by Gasteiger charge is 2.38. The van der Waals surface area contributed by atoms with Crippen LogP contribution in [0.3, 0.4) is 0 Å². The molecule has 2 aliphatic heterocycles. The van der Waals surface area contributed by atoms with Crippen molar-refractivity contribution in [3.05, 3.63) is 29.3 Å². The third-order valence-electron chi connectivity index (χ3n) is 4.06. The molecule has 0 aliphatic carbocycles. The molecule has 1 fully saturated rings. The van der Waals surface area contributed by atoms with E-state index in [1.807, 2.05) is 5.01 Å². The first-order chi connectivity index (χ1) is 8.16. The van der Waals surface area contributed by atoms with Crippen LogP contribution in [-0.2, 0) is 0 Å². The quantitative estimate of drug-likeness (QED) is 0.564. The second kappa shape index (κ2) is 4.24. The molecule has 1 aromatic carbocycles. The lowest BCUT2D eigenvalue weighted by Crippen LogP contribution is -2.40. The van der Waals surface area contributed by atoms with Crippen LogP contribution in [0.15, 0.2) is 18.2 Å². The summed E-state index contributed by atoms with van der Waals surface area (Å²) in [6.45, 7) is 4.41. The summed E-state index contributed by atoms with van der Waals surface area (Å²) in [5, 5.41) is 2.00. The van der Waals surface area contributed by atoms with E-state index < -0.39 is 0 Å². The average molecular weight is 249 g/mol. The van der Waals surface area contributed by atoms with Gasteiger partial charge in [0.05, 0.1) is 11.7 Å². The standard InChI is InChI=1S/C13H20N3P/c1-9-4-5-13-10(7-9)11-8-15(17)6-2-3-12(11)16(13)14/h4-5,7,11-12H,2-3,6,8,14,17H2,1H3. The maximum absolute atomic E-state index is 6.27. The Bertz CT molecular complexity index is 435. The molecule has 0 spiro atoms. The number of hydrazine groups is 1. The van der Waals surface area contributed by atoms with Crippen molar-refractivity contribution in [2.45, 2.75) is 31.7 Å². The highest BCUT2D eigenvalue weighted by Crippen LogP contribution is 2.43. The molecule has 4 heteroatoms. The van der Waals surface area contributed by atoms with Gasteiger partial charge in [-0.3, -0.25) is 4.67 Å². The lowest BCUT2D eigenvalue weighted by Gasteiger charge is -2.24. The van der Waals surface area contributed by atoms with Crippen LogP contribution in [0.25, 0.3) is 0 Å². The largest absolute Gasteiger partial charge is 0.307 e. The van der Waals surface area contributed by atoms with E-state index in [1.54, 1.807) is 0 Å². The molecular weight excluding hydrogens is 229 g/mol. The van der Waals surface area contributed by atoms with Crippen LogP contribution in [0.4, 0.5) is 5.69 Å². The number of aryl methyl sites for hydroxylation is 1. The minimum absolute atomic E-state index is 0.484. The van der Waals surface area contributed by atoms with E-state index in [1.165, 1.54) is 29.7 Å². The lowest BCUT2D eigenvalue weighted by molar-refractivity contribution is 0.448. The monoisotopic (exact) mass is 249 g/mol. The molecule has 3 nitrogen and oxygen atoms in total. The van der Waals surface area contributed by atoms with Gasteiger partial charge in [-0.2, -0.15) is 0 Å². The normalized spacial score (nSPS) is 28.8. The zero-order chi connectivity index (χ0) is 12.0. The van der Waals surface area contributed by atoms with Gasteiger partial charge in [0.25, 0.3) is 0 Å². The highest BCUT2D eigenvalue weighted by atomic mass is 31.0. The molecular formula is C13H20N3P. The van der Waals surface area contributed by atoms with Crippen molar-refractivity contribution in [2.24, 2.45) is 5.84 Å². The Labute approximate surface area is 105 Å². The first-order valence-corrected chi connectivity index (χ1v) is 6.82. The first kappa shape index (κ1) is 11.5. The van der Waals surface area contributed by atoms with E-state index in [0.29, 0.717) is 12.0 Å². The summed E-state index contributed by atoms with van der Waals surface area (Å²) in [5.74, 6) is 6.84. The van der Waals surface area contributed by atoms with Gasteiger partial charge in [-0.1, -0.05) is 27.1 Å². The molecule has 0 aromatic heterocycles. The fourth-order valence-corrected chi connectivity index (χ4v) is 3.60. The molecule has 2 N–H and O–H groups in total. The van der Waals surface area contributed by atoms with Crippen molar-refractivity contribution >= 4 is 15.1 Å². The topological polar surface area (TPSA) is 32.5 Å². The lowest BCUT2D eigenvalue weighted by atomic mass is 9.92. The van der Waals surface area contributed by atoms with Crippen molar-refractivity contribution in [2.75, 3.05) is 18.1 Å². The van der Waals surface area contributed by atoms with E-state index in [-0.39, 0.29) is 0 Å². The van der Waals surface area contributed by atoms with Crippen molar-refractivity contribution < 1.29 is 0 Å². The van der Waals surface area contributed by atoms with E-state index in [9.17, 15) is 0 Å². The van der Waals surface area contributed by atoms with Gasteiger partial charge in [-0.15, -0.1) is 0 Å². The molecule has 3 rings (SSSR count). The fourth-order valence-electron chi connectivity index (χ4n) is 3.19. The third-order valence-corrected chi connectivity index (χ3v) is 4.53. The van der Waals surface area contributed by atoms with Crippen LogP contribution in [0.2, 0.25) is 0 Å². The van der Waals surface area contributed by atoms with Crippen LogP contribution in [0.1, 0.15) is 29.9 Å². The van der Waals surface area contributed by atoms with Gasteiger partial charge in [0.2, 0.25) is 0 Å². The fraction of sp³-hybridized carbons (Fsp3) is 0.538. The zero-order valence-electron chi connectivity index (χ0n) is 10.3. The van der Waals surface area contributed by atoms with Gasteiger partial charge in [0.15, 0.2) is 0 Å². The van der Waals surface area contributed by atoms with Gasteiger partial charge in [-0.25, -0.2) is 5.84 Å². The molecule has 3 atom stereocenters. The predicted molar refractivity (Wildman–Crippen MR) is 74.9 cm³/mol. The molecule has 1 aromatic rings. The maximum Gasteiger partial charge on any atom is 0.0557 e. The molecule has 2 aliphatic rings. The Kier molecular flexibility index (Phi) is 2.86. The predicted octanol–water partition coefficient (Wildman–Crippen LogP) is 2.03. The molecule has 1 saturated heterocycles. The van der Waals surface area contributed by atoms with Gasteiger partial charge in [0.1, 0.15) is 0 Å². The summed E-state index contributed by atoms with van der Waals surface area (Å²) in [5.41, 5.74) is 4.00. The first-order valence-electron chi connectivity index (χ1n) is 6.31. The van der Waals surface area contributed by atoms with Gasteiger partial charge in [-0.05, 0) is 31.4 Å². The third kappa shape index (κ3) is 1.87. The van der Waals surface area contributed by atoms with Crippen LogP contribution >= 0.6 is 9.39 Å². The Morgan fingerprint density at radius 2 is 2.24 bits per heavy atom. The number of hydrogen-bond donors (Lipinski definition) is 1. The molecule has 92 valence electrons. The van der Waals surface area contributed by atoms with Gasteiger partial charge >= 0.3 is 0 Å². The molecule has 3 unspecified atom stereocenters. The Morgan fingerprint density at radius 3 is 3.06 bits per heavy atom. The summed E-state index contributed by atoms with van der Waals surface area (Å²) in [7, 11) is 2.85. The van der Waals surface area contributed by atoms with Crippen LogP contribution in [0.5, 0.6) is 0 Å². The van der Waals surface area contributed by atoms with Crippen LogP contribution in [-0.4, -0.2) is 23.8 Å². The Hall–Kier alpha value is -0.630. The van der Waals surface area contributed by atoms with Crippen molar-refractivity contribution in [1.82, 2.24) is 4.67 Å². The zero-order valence-corrected chi connectivity index (χ0v) is 11.4. The smallest absolute Gasteiger partial charge is 0.0557 e. The van der Waals surface area contributed by atoms with Crippen LogP contribution < -0.4 is 10.9 Å². The second-order valence-corrected chi connectivity index (χ2v) is 6.01. The van der Waals surface area contributed by atoms with Gasteiger partial charge < -0.3 is 5.01 Å². The number of fused-ring (bicyclic) bond motifs is 3.